The molecule has 0 aliphatic heterocycles. The number of halogens is 1. The number of methoxy groups -OCH3 is 1. The molecule has 8 heteroatoms. The van der Waals surface area contributed by atoms with Crippen LogP contribution in [0.2, 0.25) is 0 Å². The first-order valence-corrected chi connectivity index (χ1v) is 8.48. The number of guanidine groups is 1. The van der Waals surface area contributed by atoms with Gasteiger partial charge in [0, 0.05) is 45.5 Å². The number of aromatic nitrogens is 1. The van der Waals surface area contributed by atoms with E-state index in [1.807, 2.05) is 0 Å². The number of fused-ring (bicyclic) bond motifs is 1. The second-order valence-corrected chi connectivity index (χ2v) is 5.62. The van der Waals surface area contributed by atoms with Crippen LogP contribution in [-0.2, 0) is 16.1 Å². The molecule has 2 aromatic rings. The van der Waals surface area contributed by atoms with E-state index in [4.69, 9.17) is 4.74 Å². The summed E-state index contributed by atoms with van der Waals surface area (Å²) in [7, 11) is 3.30. The van der Waals surface area contributed by atoms with E-state index in [1.165, 1.54) is 10.9 Å². The van der Waals surface area contributed by atoms with Crippen molar-refractivity contribution < 1.29 is 9.53 Å². The summed E-state index contributed by atoms with van der Waals surface area (Å²) in [5.41, 5.74) is 1.25. The summed E-state index contributed by atoms with van der Waals surface area (Å²) >= 11 is 0. The number of amides is 1. The van der Waals surface area contributed by atoms with Gasteiger partial charge in [0.05, 0.1) is 13.2 Å². The van der Waals surface area contributed by atoms with Crippen LogP contribution < -0.4 is 16.0 Å². The smallest absolute Gasteiger partial charge is 0.239 e. The minimum Gasteiger partial charge on any atom is -0.383 e. The Hall–Kier alpha value is -1.81. The van der Waals surface area contributed by atoms with Crippen molar-refractivity contribution in [3.05, 3.63) is 36.5 Å². The second-order valence-electron chi connectivity index (χ2n) is 5.62. The minimum absolute atomic E-state index is 0. The van der Waals surface area contributed by atoms with Gasteiger partial charge in [-0.05, 0) is 23.9 Å². The zero-order valence-electron chi connectivity index (χ0n) is 15.3. The van der Waals surface area contributed by atoms with Crippen molar-refractivity contribution in [2.24, 2.45) is 4.99 Å². The van der Waals surface area contributed by atoms with Crippen LogP contribution in [0.15, 0.2) is 41.5 Å². The van der Waals surface area contributed by atoms with Crippen molar-refractivity contribution in [3.63, 3.8) is 0 Å². The lowest BCUT2D eigenvalue weighted by atomic mass is 10.2. The molecule has 26 heavy (non-hydrogen) atoms. The molecule has 0 saturated carbocycles. The van der Waals surface area contributed by atoms with Gasteiger partial charge in [-0.3, -0.25) is 9.79 Å². The Labute approximate surface area is 171 Å². The van der Waals surface area contributed by atoms with Gasteiger partial charge in [-0.1, -0.05) is 18.2 Å². The van der Waals surface area contributed by atoms with Gasteiger partial charge in [0.15, 0.2) is 5.96 Å². The molecule has 0 saturated heterocycles. The molecule has 144 valence electrons. The minimum atomic E-state index is -0.0844. The monoisotopic (exact) mass is 473 g/mol. The van der Waals surface area contributed by atoms with Crippen LogP contribution in [0.25, 0.3) is 10.9 Å². The SMILES string of the molecule is CN=C(NCCCn1ccc2ccccc21)NCC(=O)NCCOC.I. The van der Waals surface area contributed by atoms with Gasteiger partial charge < -0.3 is 25.3 Å². The average molecular weight is 473 g/mol. The average Bonchev–Trinajstić information content (AvgIpc) is 3.04. The molecule has 3 N–H and O–H groups in total. The molecule has 2 rings (SSSR count). The summed E-state index contributed by atoms with van der Waals surface area (Å²) in [6.07, 6.45) is 3.07. The molecule has 7 nitrogen and oxygen atoms in total. The van der Waals surface area contributed by atoms with Gasteiger partial charge in [0.1, 0.15) is 0 Å². The van der Waals surface area contributed by atoms with Gasteiger partial charge in [-0.25, -0.2) is 0 Å². The zero-order valence-corrected chi connectivity index (χ0v) is 17.7. The molecule has 0 unspecified atom stereocenters. The van der Waals surface area contributed by atoms with Gasteiger partial charge in [0.25, 0.3) is 0 Å². The Morgan fingerprint density at radius 1 is 1.15 bits per heavy atom. The van der Waals surface area contributed by atoms with Crippen molar-refractivity contribution in [2.75, 3.05) is 40.4 Å². The third kappa shape index (κ3) is 7.20. The quantitative estimate of drug-likeness (QED) is 0.224. The van der Waals surface area contributed by atoms with E-state index in [0.717, 1.165) is 19.5 Å². The zero-order chi connectivity index (χ0) is 17.9. The standard InChI is InChI=1S/C18H27N5O2.HI/c1-19-18(22-14-17(24)20-10-13-25-2)21-9-5-11-23-12-8-15-6-3-4-7-16(15)23;/h3-4,6-8,12H,5,9-11,13-14H2,1-2H3,(H,20,24)(H2,19,21,22);1H. The summed E-state index contributed by atoms with van der Waals surface area (Å²) < 4.78 is 7.14. The number of rotatable bonds is 9. The number of nitrogens with one attached hydrogen (secondary N) is 3. The van der Waals surface area contributed by atoms with Crippen LogP contribution in [0.3, 0.4) is 0 Å². The normalized spacial score (nSPS) is 11.1. The highest BCUT2D eigenvalue weighted by molar-refractivity contribution is 14.0. The predicted molar refractivity (Wildman–Crippen MR) is 116 cm³/mol. The molecule has 1 amide bonds. The fourth-order valence-corrected chi connectivity index (χ4v) is 2.53. The maximum Gasteiger partial charge on any atom is 0.239 e. The summed E-state index contributed by atoms with van der Waals surface area (Å²) in [4.78, 5) is 15.8. The first-order chi connectivity index (χ1) is 12.2. The molecule has 1 aromatic heterocycles. The molecular weight excluding hydrogens is 445 g/mol. The highest BCUT2D eigenvalue weighted by atomic mass is 127. The number of ether oxygens (including phenoxy) is 1. The van der Waals surface area contributed by atoms with E-state index < -0.39 is 0 Å². The number of aliphatic imine (C=N–C) groups is 1. The maximum atomic E-state index is 11.6. The number of aryl methyl sites for hydroxylation is 1. The van der Waals surface area contributed by atoms with Crippen LogP contribution in [0, 0.1) is 0 Å². The van der Waals surface area contributed by atoms with Gasteiger partial charge in [-0.2, -0.15) is 0 Å². The van der Waals surface area contributed by atoms with E-state index in [9.17, 15) is 4.79 Å². The number of hydrogen-bond acceptors (Lipinski definition) is 3. The fraction of sp³-hybridized carbons (Fsp3) is 0.444. The van der Waals surface area contributed by atoms with E-state index in [2.05, 4.69) is 62.0 Å². The van der Waals surface area contributed by atoms with E-state index in [1.54, 1.807) is 14.2 Å². The molecule has 1 aromatic carbocycles. The Kier molecular flexibility index (Phi) is 10.7. The number of hydrogen-bond donors (Lipinski definition) is 3. The first-order valence-electron chi connectivity index (χ1n) is 8.48. The van der Waals surface area contributed by atoms with Crippen LogP contribution in [0.1, 0.15) is 6.42 Å². The van der Waals surface area contributed by atoms with Crippen molar-refractivity contribution >= 4 is 46.7 Å². The molecule has 0 aliphatic carbocycles. The van der Waals surface area contributed by atoms with Gasteiger partial charge >= 0.3 is 0 Å². The lowest BCUT2D eigenvalue weighted by Crippen LogP contribution is -2.44. The summed E-state index contributed by atoms with van der Waals surface area (Å²) in [5.74, 6) is 0.540. The highest BCUT2D eigenvalue weighted by Gasteiger charge is 2.03. The first kappa shape index (κ1) is 22.2. The molecule has 0 spiro atoms. The Balaban J connectivity index is 0.00000338. The molecule has 0 fully saturated rings. The topological polar surface area (TPSA) is 79.7 Å². The van der Waals surface area contributed by atoms with Crippen LogP contribution in [-0.4, -0.2) is 56.8 Å². The van der Waals surface area contributed by atoms with Crippen molar-refractivity contribution in [1.29, 1.82) is 0 Å². The highest BCUT2D eigenvalue weighted by Crippen LogP contribution is 2.15. The molecule has 1 heterocycles. The molecule has 0 bridgehead atoms. The lowest BCUT2D eigenvalue weighted by molar-refractivity contribution is -0.120. The molecule has 0 aliphatic rings. The summed E-state index contributed by atoms with van der Waals surface area (Å²) in [5, 5.41) is 10.2. The Morgan fingerprint density at radius 2 is 1.96 bits per heavy atom. The fourth-order valence-electron chi connectivity index (χ4n) is 2.53. The maximum absolute atomic E-state index is 11.6. The van der Waals surface area contributed by atoms with E-state index in [0.29, 0.717) is 19.1 Å². The third-order valence-electron chi connectivity index (χ3n) is 3.82. The van der Waals surface area contributed by atoms with Gasteiger partial charge in [0.2, 0.25) is 5.91 Å². The molecule has 0 atom stereocenters. The van der Waals surface area contributed by atoms with Crippen LogP contribution >= 0.6 is 24.0 Å². The van der Waals surface area contributed by atoms with E-state index in [-0.39, 0.29) is 36.4 Å². The Morgan fingerprint density at radius 3 is 2.73 bits per heavy atom. The van der Waals surface area contributed by atoms with Crippen molar-refractivity contribution in [1.82, 2.24) is 20.5 Å². The number of nitrogens with zero attached hydrogens (tertiary/aromatic N) is 2. The summed E-state index contributed by atoms with van der Waals surface area (Å²) in [6, 6.07) is 10.5. The number of carbonyl (C=O) groups is 1. The van der Waals surface area contributed by atoms with Crippen LogP contribution in [0.5, 0.6) is 0 Å². The Bertz CT molecular complexity index is 702. The third-order valence-corrected chi connectivity index (χ3v) is 3.82. The number of benzene rings is 1. The van der Waals surface area contributed by atoms with Crippen molar-refractivity contribution in [3.8, 4) is 0 Å². The number of carbonyl (C=O) groups excluding carboxylic acids is 1. The summed E-state index contributed by atoms with van der Waals surface area (Å²) in [6.45, 7) is 2.90. The van der Waals surface area contributed by atoms with Crippen molar-refractivity contribution in [2.45, 2.75) is 13.0 Å². The molecule has 0 radical (unpaired) electrons. The largest absolute Gasteiger partial charge is 0.383 e. The predicted octanol–water partition coefficient (Wildman–Crippen LogP) is 1.58. The van der Waals surface area contributed by atoms with Crippen LogP contribution in [0.4, 0.5) is 0 Å². The second kappa shape index (κ2) is 12.5. The number of para-hydroxylation sites is 1. The van der Waals surface area contributed by atoms with Gasteiger partial charge in [-0.15, -0.1) is 24.0 Å². The lowest BCUT2D eigenvalue weighted by Gasteiger charge is -2.12. The molecular formula is C18H28IN5O2. The van der Waals surface area contributed by atoms with E-state index >= 15 is 0 Å².